The van der Waals surface area contributed by atoms with Gasteiger partial charge in [0.05, 0.1) is 4.90 Å². The molecular formula is C21H27N3O3S. The van der Waals surface area contributed by atoms with E-state index in [4.69, 9.17) is 0 Å². The smallest absolute Gasteiger partial charge is 0.253 e. The Bertz CT molecular complexity index is 896. The molecule has 0 unspecified atom stereocenters. The maximum atomic E-state index is 12.9. The average Bonchev–Trinajstić information content (AvgIpc) is 2.94. The van der Waals surface area contributed by atoms with Crippen molar-refractivity contribution in [2.24, 2.45) is 0 Å². The Morgan fingerprint density at radius 2 is 1.61 bits per heavy atom. The van der Waals surface area contributed by atoms with E-state index in [2.05, 4.69) is 17.0 Å². The van der Waals surface area contributed by atoms with Crippen LogP contribution in [0.3, 0.4) is 0 Å². The summed E-state index contributed by atoms with van der Waals surface area (Å²) in [6.07, 6.45) is 0.922. The van der Waals surface area contributed by atoms with Crippen molar-refractivity contribution in [3.8, 4) is 0 Å². The fraction of sp³-hybridized carbons (Fsp3) is 0.381. The fourth-order valence-electron chi connectivity index (χ4n) is 3.34. The van der Waals surface area contributed by atoms with E-state index in [0.29, 0.717) is 18.7 Å². The molecule has 0 atom stereocenters. The molecule has 2 aromatic carbocycles. The summed E-state index contributed by atoms with van der Waals surface area (Å²) in [5, 5.41) is 0. The molecule has 0 saturated carbocycles. The predicted molar refractivity (Wildman–Crippen MR) is 110 cm³/mol. The molecule has 6 nitrogen and oxygen atoms in total. The van der Waals surface area contributed by atoms with Crippen LogP contribution < -0.4 is 0 Å². The Hall–Kier alpha value is -2.22. The van der Waals surface area contributed by atoms with Crippen molar-refractivity contribution >= 4 is 15.9 Å². The van der Waals surface area contributed by atoms with Gasteiger partial charge in [0.2, 0.25) is 10.0 Å². The molecule has 1 aliphatic heterocycles. The van der Waals surface area contributed by atoms with E-state index in [9.17, 15) is 13.2 Å². The number of hydrogen-bond acceptors (Lipinski definition) is 4. The van der Waals surface area contributed by atoms with Gasteiger partial charge in [-0.25, -0.2) is 12.7 Å². The number of rotatable bonds is 5. The highest BCUT2D eigenvalue weighted by molar-refractivity contribution is 7.89. The van der Waals surface area contributed by atoms with Crippen LogP contribution in [0, 0.1) is 0 Å². The highest BCUT2D eigenvalue weighted by Crippen LogP contribution is 2.16. The molecular weight excluding hydrogens is 374 g/mol. The minimum Gasteiger partial charge on any atom is -0.337 e. The molecule has 0 N–H and O–H groups in total. The van der Waals surface area contributed by atoms with Gasteiger partial charge in [0.1, 0.15) is 0 Å². The Labute approximate surface area is 167 Å². The Morgan fingerprint density at radius 3 is 2.25 bits per heavy atom. The minimum atomic E-state index is -3.49. The molecule has 0 bridgehead atoms. The van der Waals surface area contributed by atoms with Crippen LogP contribution in [0.5, 0.6) is 0 Å². The van der Waals surface area contributed by atoms with E-state index in [-0.39, 0.29) is 10.8 Å². The van der Waals surface area contributed by atoms with Gasteiger partial charge in [0, 0.05) is 52.4 Å². The van der Waals surface area contributed by atoms with E-state index >= 15 is 0 Å². The molecule has 0 aromatic heterocycles. The summed E-state index contributed by atoms with van der Waals surface area (Å²) in [4.78, 5) is 17.3. The van der Waals surface area contributed by atoms with Gasteiger partial charge in [-0.15, -0.1) is 0 Å². The number of carbonyl (C=O) groups excluding carboxylic acids is 1. The van der Waals surface area contributed by atoms with Crippen LogP contribution in [0.15, 0.2) is 59.5 Å². The summed E-state index contributed by atoms with van der Waals surface area (Å²) in [5.74, 6) is -0.0460. The Balaban J connectivity index is 1.63. The lowest BCUT2D eigenvalue weighted by Gasteiger charge is -2.22. The van der Waals surface area contributed by atoms with Crippen molar-refractivity contribution in [2.75, 3.05) is 40.3 Å². The van der Waals surface area contributed by atoms with Gasteiger partial charge in [-0.3, -0.25) is 9.69 Å². The van der Waals surface area contributed by atoms with Gasteiger partial charge >= 0.3 is 0 Å². The molecule has 1 fully saturated rings. The molecule has 0 radical (unpaired) electrons. The number of amides is 1. The number of carbonyl (C=O) groups is 1. The van der Waals surface area contributed by atoms with Crippen LogP contribution >= 0.6 is 0 Å². The van der Waals surface area contributed by atoms with Gasteiger partial charge < -0.3 is 4.90 Å². The third kappa shape index (κ3) is 4.79. The summed E-state index contributed by atoms with van der Waals surface area (Å²) in [7, 11) is -0.500. The van der Waals surface area contributed by atoms with Crippen molar-refractivity contribution in [2.45, 2.75) is 17.9 Å². The molecule has 1 saturated heterocycles. The highest BCUT2D eigenvalue weighted by atomic mass is 32.2. The summed E-state index contributed by atoms with van der Waals surface area (Å²) in [5.41, 5.74) is 1.80. The molecule has 1 aliphatic rings. The number of nitrogens with zero attached hydrogens (tertiary/aromatic N) is 3. The quantitative estimate of drug-likeness (QED) is 0.771. The average molecular weight is 402 g/mol. The molecule has 150 valence electrons. The zero-order valence-electron chi connectivity index (χ0n) is 16.4. The Morgan fingerprint density at radius 1 is 0.929 bits per heavy atom. The van der Waals surface area contributed by atoms with Crippen LogP contribution in [0.4, 0.5) is 0 Å². The first-order valence-electron chi connectivity index (χ1n) is 9.46. The first-order valence-corrected chi connectivity index (χ1v) is 10.9. The lowest BCUT2D eigenvalue weighted by Crippen LogP contribution is -2.35. The summed E-state index contributed by atoms with van der Waals surface area (Å²) < 4.78 is 25.5. The monoisotopic (exact) mass is 401 g/mol. The Kier molecular flexibility index (Phi) is 6.49. The number of hydrogen-bond donors (Lipinski definition) is 0. The summed E-state index contributed by atoms with van der Waals surface area (Å²) in [6, 6.07) is 16.6. The van der Waals surface area contributed by atoms with Crippen LogP contribution in [-0.4, -0.2) is 68.7 Å². The van der Waals surface area contributed by atoms with Crippen LogP contribution in [0.1, 0.15) is 22.3 Å². The second kappa shape index (κ2) is 8.86. The molecule has 28 heavy (non-hydrogen) atoms. The van der Waals surface area contributed by atoms with Crippen molar-refractivity contribution in [3.05, 3.63) is 65.7 Å². The van der Waals surface area contributed by atoms with Gasteiger partial charge in [0.15, 0.2) is 0 Å². The second-order valence-corrected chi connectivity index (χ2v) is 9.37. The van der Waals surface area contributed by atoms with E-state index in [1.54, 1.807) is 12.1 Å². The third-order valence-corrected chi connectivity index (χ3v) is 6.83. The number of benzene rings is 2. The standard InChI is InChI=1S/C21H27N3O3S/c1-22(2)28(26,27)20-11-9-19(10-12-20)21(25)24-14-6-13-23(15-16-24)17-18-7-4-3-5-8-18/h3-5,7-12H,6,13-17H2,1-2H3. The van der Waals surface area contributed by atoms with E-state index in [0.717, 1.165) is 26.1 Å². The van der Waals surface area contributed by atoms with E-state index < -0.39 is 10.0 Å². The van der Waals surface area contributed by atoms with Crippen LogP contribution in [0.25, 0.3) is 0 Å². The van der Waals surface area contributed by atoms with Crippen molar-refractivity contribution in [1.82, 2.24) is 14.1 Å². The zero-order chi connectivity index (χ0) is 20.1. The molecule has 1 amide bonds. The lowest BCUT2D eigenvalue weighted by atomic mass is 10.2. The SMILES string of the molecule is CN(C)S(=O)(=O)c1ccc(C(=O)N2CCCN(Cc3ccccc3)CC2)cc1. The first kappa shape index (κ1) is 20.5. The van der Waals surface area contributed by atoms with Crippen LogP contribution in [-0.2, 0) is 16.6 Å². The van der Waals surface area contributed by atoms with Crippen molar-refractivity contribution in [1.29, 1.82) is 0 Å². The van der Waals surface area contributed by atoms with Crippen molar-refractivity contribution in [3.63, 3.8) is 0 Å². The molecule has 1 heterocycles. The van der Waals surface area contributed by atoms with E-state index in [1.165, 1.54) is 36.1 Å². The fourth-order valence-corrected chi connectivity index (χ4v) is 4.24. The number of sulfonamides is 1. The van der Waals surface area contributed by atoms with Gasteiger partial charge in [-0.05, 0) is 36.2 Å². The normalized spacial score (nSPS) is 16.2. The molecule has 2 aromatic rings. The van der Waals surface area contributed by atoms with Gasteiger partial charge in [-0.1, -0.05) is 30.3 Å². The second-order valence-electron chi connectivity index (χ2n) is 7.22. The van der Waals surface area contributed by atoms with Gasteiger partial charge in [-0.2, -0.15) is 0 Å². The molecule has 0 spiro atoms. The molecule has 3 rings (SSSR count). The first-order chi connectivity index (χ1) is 13.4. The lowest BCUT2D eigenvalue weighted by molar-refractivity contribution is 0.0761. The summed E-state index contributed by atoms with van der Waals surface area (Å²) in [6.45, 7) is 4.05. The largest absolute Gasteiger partial charge is 0.337 e. The highest BCUT2D eigenvalue weighted by Gasteiger charge is 2.22. The predicted octanol–water partition coefficient (Wildman–Crippen LogP) is 2.29. The summed E-state index contributed by atoms with van der Waals surface area (Å²) >= 11 is 0. The van der Waals surface area contributed by atoms with Gasteiger partial charge in [0.25, 0.3) is 5.91 Å². The zero-order valence-corrected chi connectivity index (χ0v) is 17.2. The maximum Gasteiger partial charge on any atom is 0.253 e. The van der Waals surface area contributed by atoms with E-state index in [1.807, 2.05) is 23.1 Å². The van der Waals surface area contributed by atoms with Crippen molar-refractivity contribution < 1.29 is 13.2 Å². The minimum absolute atomic E-state index is 0.0460. The maximum absolute atomic E-state index is 12.9. The molecule has 0 aliphatic carbocycles. The third-order valence-electron chi connectivity index (χ3n) is 5.00. The topological polar surface area (TPSA) is 60.9 Å². The van der Waals surface area contributed by atoms with Crippen LogP contribution in [0.2, 0.25) is 0 Å². The molecule has 7 heteroatoms.